The zero-order valence-electron chi connectivity index (χ0n) is 11.6. The van der Waals surface area contributed by atoms with Gasteiger partial charge in [0.15, 0.2) is 5.69 Å². The van der Waals surface area contributed by atoms with E-state index in [1.165, 1.54) is 19.3 Å². The van der Waals surface area contributed by atoms with Crippen molar-refractivity contribution in [1.82, 2.24) is 19.9 Å². The molecular formula is C13H23N5O. The second-order valence-electron chi connectivity index (χ2n) is 5.04. The van der Waals surface area contributed by atoms with Crippen LogP contribution in [0.5, 0.6) is 0 Å². The first-order valence-corrected chi connectivity index (χ1v) is 7.17. The van der Waals surface area contributed by atoms with Crippen LogP contribution in [0.4, 0.5) is 0 Å². The summed E-state index contributed by atoms with van der Waals surface area (Å²) in [6, 6.07) is 0.367. The highest BCUT2D eigenvalue weighted by atomic mass is 16.2. The molecule has 106 valence electrons. The molecule has 0 atom stereocenters. The summed E-state index contributed by atoms with van der Waals surface area (Å²) in [5.41, 5.74) is 5.90. The summed E-state index contributed by atoms with van der Waals surface area (Å²) < 4.78 is 1.63. The fourth-order valence-corrected chi connectivity index (χ4v) is 2.75. The molecule has 2 N–H and O–H groups in total. The molecule has 0 unspecified atom stereocenters. The monoisotopic (exact) mass is 265 g/mol. The van der Waals surface area contributed by atoms with E-state index >= 15 is 0 Å². The molecule has 19 heavy (non-hydrogen) atoms. The Morgan fingerprint density at radius 3 is 2.84 bits per heavy atom. The van der Waals surface area contributed by atoms with E-state index in [0.717, 1.165) is 19.4 Å². The van der Waals surface area contributed by atoms with Crippen LogP contribution in [0.1, 0.15) is 49.5 Å². The van der Waals surface area contributed by atoms with Gasteiger partial charge in [-0.2, -0.15) is 0 Å². The number of amides is 1. The maximum atomic E-state index is 12.5. The van der Waals surface area contributed by atoms with E-state index in [4.69, 9.17) is 5.73 Å². The lowest BCUT2D eigenvalue weighted by Crippen LogP contribution is -2.41. The average Bonchev–Trinajstić information content (AvgIpc) is 2.90. The van der Waals surface area contributed by atoms with Gasteiger partial charge in [0.2, 0.25) is 0 Å². The fourth-order valence-electron chi connectivity index (χ4n) is 2.75. The predicted octanol–water partition coefficient (Wildman–Crippen LogP) is 1.03. The van der Waals surface area contributed by atoms with Crippen LogP contribution < -0.4 is 5.73 Å². The second kappa shape index (κ2) is 6.65. The Labute approximate surface area is 113 Å². The van der Waals surface area contributed by atoms with Crippen LogP contribution in [0.25, 0.3) is 0 Å². The number of carbonyl (C=O) groups is 1. The first-order valence-electron chi connectivity index (χ1n) is 7.17. The lowest BCUT2D eigenvalue weighted by atomic mass is 9.94. The number of rotatable bonds is 5. The lowest BCUT2D eigenvalue weighted by Gasteiger charge is -2.33. The Morgan fingerprint density at radius 2 is 2.21 bits per heavy atom. The minimum Gasteiger partial charge on any atom is -0.334 e. The van der Waals surface area contributed by atoms with Crippen molar-refractivity contribution < 1.29 is 4.79 Å². The Balaban J connectivity index is 2.05. The molecule has 0 bridgehead atoms. The molecule has 1 saturated carbocycles. The maximum absolute atomic E-state index is 12.5. The van der Waals surface area contributed by atoms with Gasteiger partial charge in [0, 0.05) is 19.1 Å². The molecule has 2 rings (SSSR count). The van der Waals surface area contributed by atoms with Gasteiger partial charge in [0.25, 0.3) is 5.91 Å². The summed E-state index contributed by atoms with van der Waals surface area (Å²) >= 11 is 0. The summed E-state index contributed by atoms with van der Waals surface area (Å²) in [5, 5.41) is 7.89. The summed E-state index contributed by atoms with van der Waals surface area (Å²) in [7, 11) is 0. The smallest absolute Gasteiger partial charge is 0.276 e. The first kappa shape index (κ1) is 14.0. The molecule has 1 heterocycles. The highest BCUT2D eigenvalue weighted by Crippen LogP contribution is 2.23. The standard InChI is InChI=1S/C13H23N5O/c1-2-18(11-6-4-3-5-7-11)13(19)12-10-17(9-8-14)16-15-12/h10-11H,2-9,14H2,1H3. The molecule has 1 amide bonds. The molecular weight excluding hydrogens is 242 g/mol. The van der Waals surface area contributed by atoms with E-state index in [-0.39, 0.29) is 5.91 Å². The van der Waals surface area contributed by atoms with Gasteiger partial charge in [-0.05, 0) is 19.8 Å². The number of nitrogens with two attached hydrogens (primary N) is 1. The molecule has 6 heteroatoms. The van der Waals surface area contributed by atoms with Crippen molar-refractivity contribution in [1.29, 1.82) is 0 Å². The van der Waals surface area contributed by atoms with Crippen LogP contribution in [-0.4, -0.2) is 44.9 Å². The SMILES string of the molecule is CCN(C(=O)c1cn(CCN)nn1)C1CCCCC1. The normalized spacial score (nSPS) is 16.5. The summed E-state index contributed by atoms with van der Waals surface area (Å²) in [6.45, 7) is 3.84. The molecule has 1 aromatic rings. The Morgan fingerprint density at radius 1 is 1.47 bits per heavy atom. The van der Waals surface area contributed by atoms with Crippen molar-refractivity contribution in [2.24, 2.45) is 5.73 Å². The van der Waals surface area contributed by atoms with E-state index in [1.807, 2.05) is 11.8 Å². The fraction of sp³-hybridized carbons (Fsp3) is 0.769. The van der Waals surface area contributed by atoms with Crippen LogP contribution in [-0.2, 0) is 6.54 Å². The van der Waals surface area contributed by atoms with Gasteiger partial charge < -0.3 is 10.6 Å². The summed E-state index contributed by atoms with van der Waals surface area (Å²) in [4.78, 5) is 14.4. The molecule has 0 saturated heterocycles. The van der Waals surface area contributed by atoms with E-state index in [9.17, 15) is 4.79 Å². The number of hydrogen-bond donors (Lipinski definition) is 1. The van der Waals surface area contributed by atoms with Crippen LogP contribution in [0.15, 0.2) is 6.20 Å². The number of carbonyl (C=O) groups excluding carboxylic acids is 1. The van der Waals surface area contributed by atoms with Gasteiger partial charge in [-0.15, -0.1) is 5.10 Å². The predicted molar refractivity (Wildman–Crippen MR) is 72.7 cm³/mol. The quantitative estimate of drug-likeness (QED) is 0.862. The lowest BCUT2D eigenvalue weighted by molar-refractivity contribution is 0.0641. The number of aromatic nitrogens is 3. The van der Waals surface area contributed by atoms with Crippen molar-refractivity contribution >= 4 is 5.91 Å². The summed E-state index contributed by atoms with van der Waals surface area (Å²) in [5.74, 6) is -0.00216. The third kappa shape index (κ3) is 3.32. The van der Waals surface area contributed by atoms with E-state index < -0.39 is 0 Å². The Bertz CT molecular complexity index is 411. The van der Waals surface area contributed by atoms with Gasteiger partial charge in [0.1, 0.15) is 0 Å². The third-order valence-electron chi connectivity index (χ3n) is 3.73. The third-order valence-corrected chi connectivity index (χ3v) is 3.73. The highest BCUT2D eigenvalue weighted by molar-refractivity contribution is 5.92. The molecule has 1 aliphatic carbocycles. The zero-order chi connectivity index (χ0) is 13.7. The van der Waals surface area contributed by atoms with Crippen molar-refractivity contribution in [3.63, 3.8) is 0 Å². The van der Waals surface area contributed by atoms with Crippen molar-refractivity contribution in [3.8, 4) is 0 Å². The van der Waals surface area contributed by atoms with Gasteiger partial charge in [-0.1, -0.05) is 24.5 Å². The van der Waals surface area contributed by atoms with Crippen LogP contribution in [0.2, 0.25) is 0 Å². The van der Waals surface area contributed by atoms with Gasteiger partial charge in [-0.25, -0.2) is 0 Å². The Hall–Kier alpha value is -1.43. The first-order chi connectivity index (χ1) is 9.26. The van der Waals surface area contributed by atoms with E-state index in [0.29, 0.717) is 24.8 Å². The molecule has 1 aliphatic rings. The van der Waals surface area contributed by atoms with Crippen LogP contribution in [0.3, 0.4) is 0 Å². The molecule has 0 aromatic carbocycles. The van der Waals surface area contributed by atoms with Crippen LogP contribution in [0, 0.1) is 0 Å². The van der Waals surface area contributed by atoms with Crippen molar-refractivity contribution in [2.75, 3.05) is 13.1 Å². The largest absolute Gasteiger partial charge is 0.334 e. The minimum absolute atomic E-state index is 0.00216. The van der Waals surface area contributed by atoms with Crippen LogP contribution >= 0.6 is 0 Å². The average molecular weight is 265 g/mol. The van der Waals surface area contributed by atoms with Crippen molar-refractivity contribution in [3.05, 3.63) is 11.9 Å². The van der Waals surface area contributed by atoms with E-state index in [2.05, 4.69) is 10.3 Å². The maximum Gasteiger partial charge on any atom is 0.276 e. The van der Waals surface area contributed by atoms with Gasteiger partial charge >= 0.3 is 0 Å². The highest BCUT2D eigenvalue weighted by Gasteiger charge is 2.26. The number of hydrogen-bond acceptors (Lipinski definition) is 4. The topological polar surface area (TPSA) is 77.0 Å². The zero-order valence-corrected chi connectivity index (χ0v) is 11.6. The minimum atomic E-state index is -0.00216. The molecule has 0 radical (unpaired) electrons. The van der Waals surface area contributed by atoms with Crippen molar-refractivity contribution in [2.45, 2.75) is 51.6 Å². The van der Waals surface area contributed by atoms with Gasteiger partial charge in [0.05, 0.1) is 12.7 Å². The molecule has 0 spiro atoms. The van der Waals surface area contributed by atoms with Gasteiger partial charge in [-0.3, -0.25) is 9.48 Å². The van der Waals surface area contributed by atoms with E-state index in [1.54, 1.807) is 10.9 Å². The Kier molecular flexibility index (Phi) is 4.90. The molecule has 1 fully saturated rings. The molecule has 6 nitrogen and oxygen atoms in total. The second-order valence-corrected chi connectivity index (χ2v) is 5.04. The molecule has 1 aromatic heterocycles. The summed E-state index contributed by atoms with van der Waals surface area (Å²) in [6.07, 6.45) is 7.63. The molecule has 0 aliphatic heterocycles. The number of nitrogens with zero attached hydrogens (tertiary/aromatic N) is 4.